The molecule has 0 bridgehead atoms. The predicted octanol–water partition coefficient (Wildman–Crippen LogP) is 2.79. The van der Waals surface area contributed by atoms with Crippen molar-refractivity contribution in [1.82, 2.24) is 20.0 Å². The molecule has 0 unspecified atom stereocenters. The number of aromatic amines is 1. The number of halogens is 1. The molecule has 0 atom stereocenters. The smallest absolute Gasteiger partial charge is 0.230 e. The molecule has 1 fully saturated rings. The highest BCUT2D eigenvalue weighted by molar-refractivity contribution is 5.91. The molecule has 0 saturated heterocycles. The summed E-state index contributed by atoms with van der Waals surface area (Å²) in [6.45, 7) is 0. The summed E-state index contributed by atoms with van der Waals surface area (Å²) in [4.78, 5) is 12.1. The van der Waals surface area contributed by atoms with E-state index in [0.29, 0.717) is 17.4 Å². The van der Waals surface area contributed by atoms with Crippen LogP contribution in [0.3, 0.4) is 0 Å². The Balaban J connectivity index is 1.40. The summed E-state index contributed by atoms with van der Waals surface area (Å²) in [6, 6.07) is 8.02. The Bertz CT molecular complexity index is 881. The molecule has 0 radical (unpaired) electrons. The number of hydrogen-bond acceptors (Lipinski definition) is 3. The highest BCUT2D eigenvalue weighted by Crippen LogP contribution is 2.39. The van der Waals surface area contributed by atoms with Gasteiger partial charge in [-0.1, -0.05) is 6.07 Å². The number of carbonyl (C=O) groups excluding carboxylic acids is 1. The van der Waals surface area contributed by atoms with Crippen LogP contribution >= 0.6 is 0 Å². The van der Waals surface area contributed by atoms with Gasteiger partial charge in [0.2, 0.25) is 5.91 Å². The van der Waals surface area contributed by atoms with E-state index in [1.807, 2.05) is 6.07 Å². The van der Waals surface area contributed by atoms with E-state index >= 15 is 0 Å². The molecule has 1 aliphatic carbocycles. The first-order valence-corrected chi connectivity index (χ1v) is 7.82. The number of nitrogens with one attached hydrogen (secondary N) is 2. The van der Waals surface area contributed by atoms with Gasteiger partial charge in [0.15, 0.2) is 5.82 Å². The summed E-state index contributed by atoms with van der Waals surface area (Å²) in [5, 5.41) is 14.0. The van der Waals surface area contributed by atoms with Crippen molar-refractivity contribution >= 4 is 11.7 Å². The van der Waals surface area contributed by atoms with Crippen LogP contribution in [-0.2, 0) is 11.2 Å². The molecule has 2 N–H and O–H groups in total. The van der Waals surface area contributed by atoms with E-state index in [4.69, 9.17) is 0 Å². The fourth-order valence-corrected chi connectivity index (χ4v) is 2.59. The van der Waals surface area contributed by atoms with Crippen molar-refractivity contribution in [3.8, 4) is 5.69 Å². The number of nitrogens with zero attached hydrogens (tertiary/aromatic N) is 3. The molecule has 7 heteroatoms. The van der Waals surface area contributed by atoms with E-state index in [1.165, 1.54) is 25.0 Å². The number of amides is 1. The van der Waals surface area contributed by atoms with Crippen molar-refractivity contribution in [2.24, 2.45) is 0 Å². The average Bonchev–Trinajstić information content (AvgIpc) is 3.13. The van der Waals surface area contributed by atoms with Gasteiger partial charge in [-0.25, -0.2) is 9.07 Å². The largest absolute Gasteiger partial charge is 0.309 e. The van der Waals surface area contributed by atoms with Gasteiger partial charge in [0, 0.05) is 23.9 Å². The first-order valence-electron chi connectivity index (χ1n) is 7.82. The average molecular weight is 325 g/mol. The third kappa shape index (κ3) is 3.19. The second-order valence-corrected chi connectivity index (χ2v) is 5.98. The minimum absolute atomic E-state index is 0.164. The van der Waals surface area contributed by atoms with Gasteiger partial charge in [0.1, 0.15) is 5.82 Å². The first kappa shape index (κ1) is 14.6. The SMILES string of the molecule is O=C(Cc1cnn(-c2cccc(F)c2)c1)Nc1cc(C2CC2)[nH]n1. The van der Waals surface area contributed by atoms with E-state index in [9.17, 15) is 9.18 Å². The molecule has 24 heavy (non-hydrogen) atoms. The van der Waals surface area contributed by atoms with Crippen LogP contribution in [-0.4, -0.2) is 25.9 Å². The van der Waals surface area contributed by atoms with Gasteiger partial charge in [-0.2, -0.15) is 10.2 Å². The van der Waals surface area contributed by atoms with Crippen LogP contribution in [0.1, 0.15) is 30.0 Å². The molecule has 0 spiro atoms. The lowest BCUT2D eigenvalue weighted by Crippen LogP contribution is -2.14. The predicted molar refractivity (Wildman–Crippen MR) is 86.4 cm³/mol. The zero-order valence-electron chi connectivity index (χ0n) is 12.9. The zero-order chi connectivity index (χ0) is 16.5. The van der Waals surface area contributed by atoms with Crippen LogP contribution in [0.15, 0.2) is 42.7 Å². The lowest BCUT2D eigenvalue weighted by molar-refractivity contribution is -0.115. The summed E-state index contributed by atoms with van der Waals surface area (Å²) in [7, 11) is 0. The lowest BCUT2D eigenvalue weighted by atomic mass is 10.2. The molecule has 1 aromatic carbocycles. The maximum atomic E-state index is 13.3. The molecule has 1 aliphatic rings. The van der Waals surface area contributed by atoms with Gasteiger partial charge >= 0.3 is 0 Å². The summed E-state index contributed by atoms with van der Waals surface area (Å²) < 4.78 is 14.8. The van der Waals surface area contributed by atoms with Crippen LogP contribution in [0.5, 0.6) is 0 Å². The van der Waals surface area contributed by atoms with Gasteiger partial charge in [0.25, 0.3) is 0 Å². The van der Waals surface area contributed by atoms with Crippen LogP contribution in [0.25, 0.3) is 5.69 Å². The Morgan fingerprint density at radius 1 is 1.38 bits per heavy atom. The number of benzene rings is 1. The van der Waals surface area contributed by atoms with E-state index in [1.54, 1.807) is 29.2 Å². The van der Waals surface area contributed by atoms with E-state index in [-0.39, 0.29) is 18.1 Å². The summed E-state index contributed by atoms with van der Waals surface area (Å²) in [5.41, 5.74) is 2.43. The van der Waals surface area contributed by atoms with Crippen LogP contribution in [0.4, 0.5) is 10.2 Å². The topological polar surface area (TPSA) is 75.6 Å². The van der Waals surface area contributed by atoms with E-state index in [2.05, 4.69) is 20.6 Å². The molecule has 6 nitrogen and oxygen atoms in total. The van der Waals surface area contributed by atoms with Crippen molar-refractivity contribution in [1.29, 1.82) is 0 Å². The summed E-state index contributed by atoms with van der Waals surface area (Å²) in [5.74, 6) is 0.613. The van der Waals surface area contributed by atoms with Crippen molar-refractivity contribution in [3.05, 3.63) is 59.8 Å². The maximum Gasteiger partial charge on any atom is 0.230 e. The van der Waals surface area contributed by atoms with Crippen molar-refractivity contribution in [3.63, 3.8) is 0 Å². The van der Waals surface area contributed by atoms with Crippen molar-refractivity contribution < 1.29 is 9.18 Å². The van der Waals surface area contributed by atoms with E-state index in [0.717, 1.165) is 11.3 Å². The second kappa shape index (κ2) is 5.92. The fraction of sp³-hybridized carbons (Fsp3) is 0.235. The van der Waals surface area contributed by atoms with Gasteiger partial charge in [0.05, 0.1) is 18.3 Å². The second-order valence-electron chi connectivity index (χ2n) is 5.98. The molecule has 3 aromatic rings. The molecule has 0 aliphatic heterocycles. The first-order chi connectivity index (χ1) is 11.7. The Hall–Kier alpha value is -2.96. The summed E-state index contributed by atoms with van der Waals surface area (Å²) >= 11 is 0. The lowest BCUT2D eigenvalue weighted by Gasteiger charge is -2.01. The quantitative estimate of drug-likeness (QED) is 0.757. The number of anilines is 1. The Morgan fingerprint density at radius 2 is 2.25 bits per heavy atom. The molecular formula is C17H16FN5O. The molecule has 122 valence electrons. The molecule has 2 aromatic heterocycles. The van der Waals surface area contributed by atoms with Gasteiger partial charge in [-0.15, -0.1) is 0 Å². The minimum atomic E-state index is -0.327. The highest BCUT2D eigenvalue weighted by Gasteiger charge is 2.25. The standard InChI is InChI=1S/C17H16FN5O/c18-13-2-1-3-14(7-13)23-10-11(9-19-23)6-17(24)20-16-8-15(21-22-16)12-4-5-12/h1-3,7-10,12H,4-6H2,(H2,20,21,22,24). The van der Waals surface area contributed by atoms with Gasteiger partial charge < -0.3 is 5.32 Å². The number of H-pyrrole nitrogens is 1. The van der Waals surface area contributed by atoms with Gasteiger partial charge in [-0.05, 0) is 36.6 Å². The maximum absolute atomic E-state index is 13.3. The number of carbonyl (C=O) groups is 1. The van der Waals surface area contributed by atoms with Crippen molar-refractivity contribution in [2.45, 2.75) is 25.2 Å². The monoisotopic (exact) mass is 325 g/mol. The molecule has 1 amide bonds. The van der Waals surface area contributed by atoms with Crippen LogP contribution < -0.4 is 5.32 Å². The Labute approximate surface area is 137 Å². The molecular weight excluding hydrogens is 309 g/mol. The molecule has 1 saturated carbocycles. The molecule has 4 rings (SSSR count). The Morgan fingerprint density at radius 3 is 3.04 bits per heavy atom. The zero-order valence-corrected chi connectivity index (χ0v) is 12.9. The third-order valence-electron chi connectivity index (χ3n) is 3.96. The summed E-state index contributed by atoms with van der Waals surface area (Å²) in [6.07, 6.45) is 5.85. The number of aromatic nitrogens is 4. The van der Waals surface area contributed by atoms with Crippen molar-refractivity contribution in [2.75, 3.05) is 5.32 Å². The van der Waals surface area contributed by atoms with Crippen LogP contribution in [0, 0.1) is 5.82 Å². The number of rotatable bonds is 5. The fourth-order valence-electron chi connectivity index (χ4n) is 2.59. The van der Waals surface area contributed by atoms with Gasteiger partial charge in [-0.3, -0.25) is 9.89 Å². The Kier molecular flexibility index (Phi) is 3.60. The van der Waals surface area contributed by atoms with Crippen LogP contribution in [0.2, 0.25) is 0 Å². The third-order valence-corrected chi connectivity index (χ3v) is 3.96. The highest BCUT2D eigenvalue weighted by atomic mass is 19.1. The van der Waals surface area contributed by atoms with E-state index < -0.39 is 0 Å². The normalized spacial score (nSPS) is 13.9. The number of hydrogen-bond donors (Lipinski definition) is 2. The molecule has 2 heterocycles. The minimum Gasteiger partial charge on any atom is -0.309 e.